The minimum Gasteiger partial charge on any atom is -0.378 e. The number of H-pyrrole nitrogens is 1. The molecule has 0 spiro atoms. The van der Waals surface area contributed by atoms with Crippen LogP contribution < -0.4 is 16.2 Å². The van der Waals surface area contributed by atoms with Gasteiger partial charge < -0.3 is 25.3 Å². The third-order valence-electron chi connectivity index (χ3n) is 7.35. The number of aromatic nitrogens is 2. The van der Waals surface area contributed by atoms with Gasteiger partial charge in [0.05, 0.1) is 18.9 Å². The molecule has 1 aromatic heterocycles. The number of nitrogens with one attached hydrogen (secondary N) is 3. The Morgan fingerprint density at radius 2 is 1.60 bits per heavy atom. The van der Waals surface area contributed by atoms with Gasteiger partial charge >= 0.3 is 0 Å². The largest absolute Gasteiger partial charge is 0.378 e. The lowest BCUT2D eigenvalue weighted by Crippen LogP contribution is -2.40. The molecule has 3 aromatic carbocycles. The van der Waals surface area contributed by atoms with Gasteiger partial charge in [-0.2, -0.15) is 0 Å². The molecule has 42 heavy (non-hydrogen) atoms. The zero-order valence-corrected chi connectivity index (χ0v) is 24.3. The number of rotatable bonds is 6. The van der Waals surface area contributed by atoms with Gasteiger partial charge in [-0.15, -0.1) is 0 Å². The lowest BCUT2D eigenvalue weighted by molar-refractivity contribution is 0.0303. The van der Waals surface area contributed by atoms with E-state index in [1.165, 1.54) is 0 Å². The fraction of sp³-hybridized carbons (Fsp3) is 0.273. The number of amides is 2. The van der Waals surface area contributed by atoms with Crippen molar-refractivity contribution >= 4 is 29.0 Å². The molecule has 0 atom stereocenters. The zero-order valence-electron chi connectivity index (χ0n) is 24.3. The van der Waals surface area contributed by atoms with Crippen molar-refractivity contribution in [3.8, 4) is 11.3 Å². The van der Waals surface area contributed by atoms with Crippen LogP contribution in [-0.4, -0.2) is 53.0 Å². The van der Waals surface area contributed by atoms with Crippen molar-refractivity contribution < 1.29 is 14.3 Å². The topological polar surface area (TPSA) is 116 Å². The summed E-state index contributed by atoms with van der Waals surface area (Å²) < 4.78 is 5.32. The van der Waals surface area contributed by atoms with Crippen LogP contribution in [0.1, 0.15) is 52.6 Å². The number of carbonyl (C=O) groups excluding carboxylic acids is 2. The highest BCUT2D eigenvalue weighted by atomic mass is 16.5. The first-order valence-electron chi connectivity index (χ1n) is 14.0. The maximum atomic E-state index is 13.0. The van der Waals surface area contributed by atoms with E-state index in [4.69, 9.17) is 4.74 Å². The Balaban J connectivity index is 1.32. The van der Waals surface area contributed by atoms with Crippen molar-refractivity contribution in [3.05, 3.63) is 106 Å². The Labute approximate surface area is 245 Å². The second-order valence-electron chi connectivity index (χ2n) is 11.3. The fourth-order valence-electron chi connectivity index (χ4n) is 4.77. The maximum absolute atomic E-state index is 13.0. The van der Waals surface area contributed by atoms with Crippen LogP contribution in [0.5, 0.6) is 0 Å². The molecule has 1 saturated heterocycles. The van der Waals surface area contributed by atoms with E-state index < -0.39 is 0 Å². The average molecular weight is 566 g/mol. The molecular formula is C33H35N5O4. The van der Waals surface area contributed by atoms with E-state index in [1.54, 1.807) is 35.4 Å². The van der Waals surface area contributed by atoms with Gasteiger partial charge in [0, 0.05) is 47.4 Å². The van der Waals surface area contributed by atoms with Crippen molar-refractivity contribution in [2.45, 2.75) is 33.1 Å². The number of anilines is 3. The molecule has 1 aliphatic heterocycles. The van der Waals surface area contributed by atoms with Crippen LogP contribution in [-0.2, 0) is 10.2 Å². The summed E-state index contributed by atoms with van der Waals surface area (Å²) in [6.45, 7) is 10.5. The quantitative estimate of drug-likeness (QED) is 0.284. The van der Waals surface area contributed by atoms with Crippen LogP contribution in [0.4, 0.5) is 17.2 Å². The third-order valence-corrected chi connectivity index (χ3v) is 7.35. The van der Waals surface area contributed by atoms with E-state index in [0.29, 0.717) is 54.5 Å². The Kier molecular flexibility index (Phi) is 8.22. The predicted molar refractivity (Wildman–Crippen MR) is 165 cm³/mol. The number of ether oxygens (including phenoxy) is 1. The van der Waals surface area contributed by atoms with Crippen molar-refractivity contribution in [1.82, 2.24) is 14.9 Å². The fourth-order valence-corrected chi connectivity index (χ4v) is 4.77. The molecule has 2 amide bonds. The molecule has 0 radical (unpaired) electrons. The summed E-state index contributed by atoms with van der Waals surface area (Å²) in [6.07, 6.45) is 1.55. The van der Waals surface area contributed by atoms with E-state index in [2.05, 4.69) is 41.4 Å². The average Bonchev–Trinajstić information content (AvgIpc) is 2.99. The van der Waals surface area contributed by atoms with Crippen molar-refractivity contribution in [1.29, 1.82) is 0 Å². The van der Waals surface area contributed by atoms with Crippen molar-refractivity contribution in [2.75, 3.05) is 36.9 Å². The van der Waals surface area contributed by atoms with Gasteiger partial charge in [0.15, 0.2) is 5.82 Å². The molecule has 2 heterocycles. The van der Waals surface area contributed by atoms with Crippen LogP contribution in [0.2, 0.25) is 0 Å². The number of hydrogen-bond donors (Lipinski definition) is 3. The Bertz CT molecular complexity index is 1650. The second kappa shape index (κ2) is 12.0. The van der Waals surface area contributed by atoms with Gasteiger partial charge in [-0.1, -0.05) is 45.0 Å². The highest BCUT2D eigenvalue weighted by Gasteiger charge is 2.19. The van der Waals surface area contributed by atoms with Gasteiger partial charge in [0.1, 0.15) is 0 Å². The summed E-state index contributed by atoms with van der Waals surface area (Å²) in [4.78, 5) is 47.5. The normalized spacial score (nSPS) is 13.5. The molecule has 0 saturated carbocycles. The van der Waals surface area contributed by atoms with Crippen molar-refractivity contribution in [3.63, 3.8) is 0 Å². The lowest BCUT2D eigenvalue weighted by atomic mass is 9.86. The molecule has 1 aliphatic rings. The Morgan fingerprint density at radius 1 is 0.929 bits per heavy atom. The molecular weight excluding hydrogens is 530 g/mol. The van der Waals surface area contributed by atoms with Gasteiger partial charge in [-0.3, -0.25) is 14.4 Å². The second-order valence-corrected chi connectivity index (χ2v) is 11.3. The summed E-state index contributed by atoms with van der Waals surface area (Å²) in [5, 5.41) is 6.07. The summed E-state index contributed by atoms with van der Waals surface area (Å²) in [7, 11) is 0. The van der Waals surface area contributed by atoms with Crippen LogP contribution in [0.3, 0.4) is 0 Å². The van der Waals surface area contributed by atoms with E-state index in [1.807, 2.05) is 49.4 Å². The number of hydrogen-bond acceptors (Lipinski definition) is 6. The Morgan fingerprint density at radius 3 is 2.26 bits per heavy atom. The van der Waals surface area contributed by atoms with Gasteiger partial charge in [-0.05, 0) is 65.9 Å². The van der Waals surface area contributed by atoms with Gasteiger partial charge in [-0.25, -0.2) is 4.98 Å². The first kappa shape index (κ1) is 28.8. The van der Waals surface area contributed by atoms with Crippen molar-refractivity contribution in [2.24, 2.45) is 0 Å². The van der Waals surface area contributed by atoms with E-state index >= 15 is 0 Å². The zero-order chi connectivity index (χ0) is 29.9. The minimum atomic E-state index is -0.381. The molecule has 5 rings (SSSR count). The summed E-state index contributed by atoms with van der Waals surface area (Å²) in [5.74, 6) is -0.136. The van der Waals surface area contributed by atoms with Gasteiger partial charge in [0.2, 0.25) is 0 Å². The molecule has 0 aliphatic carbocycles. The number of nitrogens with zero attached hydrogens (tertiary/aromatic N) is 2. The van der Waals surface area contributed by atoms with Gasteiger partial charge in [0.25, 0.3) is 17.4 Å². The molecule has 3 N–H and O–H groups in total. The standard InChI is InChI=1S/C33H35N5O4/c1-21-26(6-5-7-27(21)37-30(39)22-8-12-24(13-9-22)33(2,3)4)28-20-34-31(40)29(36-28)35-25-14-10-23(11-15-25)32(41)38-16-18-42-19-17-38/h5-15,20H,16-19H2,1-4H3,(H,34,40)(H,35,36)(H,37,39). The SMILES string of the molecule is Cc1c(NC(=O)c2ccc(C(C)(C)C)cc2)cccc1-c1c[nH]c(=O)c(Nc2ccc(C(=O)N3CCOCC3)cc2)n1. The summed E-state index contributed by atoms with van der Waals surface area (Å²) in [5.41, 5.74) is 5.31. The molecule has 0 unspecified atom stereocenters. The summed E-state index contributed by atoms with van der Waals surface area (Å²) in [6, 6.07) is 20.1. The molecule has 9 nitrogen and oxygen atoms in total. The number of aromatic amines is 1. The van der Waals surface area contributed by atoms with E-state index in [9.17, 15) is 14.4 Å². The number of benzene rings is 3. The van der Waals surface area contributed by atoms with Crippen LogP contribution in [0.25, 0.3) is 11.3 Å². The van der Waals surface area contributed by atoms with Crippen LogP contribution in [0.15, 0.2) is 77.7 Å². The Hall–Kier alpha value is -4.76. The van der Waals surface area contributed by atoms with Crippen LogP contribution in [0, 0.1) is 6.92 Å². The smallest absolute Gasteiger partial charge is 0.291 e. The summed E-state index contributed by atoms with van der Waals surface area (Å²) >= 11 is 0. The first-order chi connectivity index (χ1) is 20.1. The molecule has 0 bridgehead atoms. The number of carbonyl (C=O) groups is 2. The highest BCUT2D eigenvalue weighted by molar-refractivity contribution is 6.05. The molecule has 4 aromatic rings. The first-order valence-corrected chi connectivity index (χ1v) is 14.0. The molecule has 216 valence electrons. The third kappa shape index (κ3) is 6.42. The van der Waals surface area contributed by atoms with E-state index in [0.717, 1.165) is 16.7 Å². The van der Waals surface area contributed by atoms with E-state index in [-0.39, 0.29) is 28.6 Å². The maximum Gasteiger partial charge on any atom is 0.291 e. The predicted octanol–water partition coefficient (Wildman–Crippen LogP) is 5.51. The van der Waals surface area contributed by atoms with Crippen LogP contribution >= 0.6 is 0 Å². The monoisotopic (exact) mass is 565 g/mol. The minimum absolute atomic E-state index is 0.00280. The molecule has 1 fully saturated rings. The number of morpholine rings is 1. The highest BCUT2D eigenvalue weighted by Crippen LogP contribution is 2.28. The lowest BCUT2D eigenvalue weighted by Gasteiger charge is -2.26. The molecule has 9 heteroatoms.